The SMILES string of the molecule is Cc1ccc(Cl)c2sc(N(CCN(C)C)C(=O)Cn3cnc4c3c(=O)n(C)c(=O)n4C)nc12. The van der Waals surface area contributed by atoms with E-state index in [0.717, 1.165) is 20.3 Å². The van der Waals surface area contributed by atoms with Gasteiger partial charge in [-0.05, 0) is 32.6 Å². The molecule has 12 heteroatoms. The van der Waals surface area contributed by atoms with Crippen LogP contribution < -0.4 is 16.1 Å². The lowest BCUT2D eigenvalue weighted by atomic mass is 10.2. The molecular weight excluding hydrogens is 466 g/mol. The fourth-order valence-electron chi connectivity index (χ4n) is 3.58. The van der Waals surface area contributed by atoms with Crippen molar-refractivity contribution in [1.29, 1.82) is 0 Å². The summed E-state index contributed by atoms with van der Waals surface area (Å²) in [5.74, 6) is -0.250. The van der Waals surface area contributed by atoms with Crippen LogP contribution >= 0.6 is 22.9 Å². The molecule has 0 spiro atoms. The zero-order valence-electron chi connectivity index (χ0n) is 19.0. The second kappa shape index (κ2) is 8.73. The van der Waals surface area contributed by atoms with E-state index in [2.05, 4.69) is 4.98 Å². The third-order valence-corrected chi connectivity index (χ3v) is 7.05. The minimum Gasteiger partial charge on any atom is -0.315 e. The molecule has 3 aromatic heterocycles. The molecule has 0 aliphatic heterocycles. The predicted octanol–water partition coefficient (Wildman–Crippen LogP) is 1.60. The van der Waals surface area contributed by atoms with Gasteiger partial charge in [0.15, 0.2) is 16.3 Å². The second-order valence-corrected chi connectivity index (χ2v) is 9.52. The molecule has 1 amide bonds. The molecular formula is C21H24ClN7O3S. The number of thiazole rings is 1. The lowest BCUT2D eigenvalue weighted by Crippen LogP contribution is -2.40. The standard InChI is InChI=1S/C21H24ClN7O3S/c1-12-6-7-13(22)17-15(12)24-20(33-17)29(9-8-25(2)3)14(30)10-28-11-23-18-16(28)19(31)27(5)21(32)26(18)4/h6-7,11H,8-10H2,1-5H3. The van der Waals surface area contributed by atoms with Crippen LogP contribution in [0, 0.1) is 6.92 Å². The van der Waals surface area contributed by atoms with Gasteiger partial charge in [-0.1, -0.05) is 29.0 Å². The summed E-state index contributed by atoms with van der Waals surface area (Å²) in [6, 6.07) is 3.72. The Morgan fingerprint density at radius 1 is 1.15 bits per heavy atom. The van der Waals surface area contributed by atoms with Crippen molar-refractivity contribution in [3.63, 3.8) is 0 Å². The summed E-state index contributed by atoms with van der Waals surface area (Å²) in [5, 5.41) is 1.13. The lowest BCUT2D eigenvalue weighted by Gasteiger charge is -2.22. The van der Waals surface area contributed by atoms with Crippen LogP contribution in [0.25, 0.3) is 21.4 Å². The highest BCUT2D eigenvalue weighted by molar-refractivity contribution is 7.23. The van der Waals surface area contributed by atoms with Crippen molar-refractivity contribution in [2.45, 2.75) is 13.5 Å². The first-order valence-corrected chi connectivity index (χ1v) is 11.4. The quantitative estimate of drug-likeness (QED) is 0.408. The van der Waals surface area contributed by atoms with Gasteiger partial charge in [-0.15, -0.1) is 0 Å². The van der Waals surface area contributed by atoms with Crippen molar-refractivity contribution in [2.75, 3.05) is 32.1 Å². The van der Waals surface area contributed by atoms with Crippen LogP contribution in [0.5, 0.6) is 0 Å². The number of hydrogen-bond acceptors (Lipinski definition) is 7. The molecule has 174 valence electrons. The zero-order chi connectivity index (χ0) is 24.0. The van der Waals surface area contributed by atoms with Gasteiger partial charge in [-0.25, -0.2) is 14.8 Å². The summed E-state index contributed by atoms with van der Waals surface area (Å²) in [4.78, 5) is 50.9. The molecule has 3 heterocycles. The van der Waals surface area contributed by atoms with Gasteiger partial charge >= 0.3 is 5.69 Å². The number of likely N-dealkylation sites (N-methyl/N-ethyl adjacent to an activating group) is 1. The molecule has 0 bridgehead atoms. The average Bonchev–Trinajstić information content (AvgIpc) is 3.39. The smallest absolute Gasteiger partial charge is 0.315 e. The maximum atomic E-state index is 13.5. The summed E-state index contributed by atoms with van der Waals surface area (Å²) in [6.07, 6.45) is 1.41. The summed E-state index contributed by atoms with van der Waals surface area (Å²) in [5.41, 5.74) is 1.20. The van der Waals surface area contributed by atoms with E-state index >= 15 is 0 Å². The van der Waals surface area contributed by atoms with E-state index < -0.39 is 11.2 Å². The van der Waals surface area contributed by atoms with Crippen LogP contribution in [-0.4, -0.2) is 61.7 Å². The van der Waals surface area contributed by atoms with Crippen molar-refractivity contribution in [3.8, 4) is 0 Å². The van der Waals surface area contributed by atoms with E-state index in [1.165, 1.54) is 33.8 Å². The number of benzene rings is 1. The number of nitrogens with zero attached hydrogens (tertiary/aromatic N) is 7. The van der Waals surface area contributed by atoms with E-state index in [-0.39, 0.29) is 23.6 Å². The van der Waals surface area contributed by atoms with Crippen molar-refractivity contribution >= 4 is 55.4 Å². The van der Waals surface area contributed by atoms with E-state index in [1.807, 2.05) is 38.1 Å². The molecule has 33 heavy (non-hydrogen) atoms. The molecule has 10 nitrogen and oxygen atoms in total. The van der Waals surface area contributed by atoms with Crippen LogP contribution in [0.2, 0.25) is 5.02 Å². The van der Waals surface area contributed by atoms with E-state index in [1.54, 1.807) is 11.9 Å². The van der Waals surface area contributed by atoms with Gasteiger partial charge in [-0.3, -0.25) is 23.6 Å². The highest BCUT2D eigenvalue weighted by Crippen LogP contribution is 2.35. The highest BCUT2D eigenvalue weighted by Gasteiger charge is 2.23. The topological polar surface area (TPSA) is 98.3 Å². The molecule has 0 saturated heterocycles. The van der Waals surface area contributed by atoms with Gasteiger partial charge in [0.1, 0.15) is 6.54 Å². The number of fused-ring (bicyclic) bond motifs is 2. The molecule has 1 aromatic carbocycles. The molecule has 0 saturated carbocycles. The minimum atomic E-state index is -0.499. The summed E-state index contributed by atoms with van der Waals surface area (Å²) in [7, 11) is 6.80. The van der Waals surface area contributed by atoms with Gasteiger partial charge < -0.3 is 9.47 Å². The van der Waals surface area contributed by atoms with Crippen molar-refractivity contribution in [3.05, 3.63) is 49.9 Å². The van der Waals surface area contributed by atoms with Crippen molar-refractivity contribution in [2.24, 2.45) is 14.1 Å². The Hall–Kier alpha value is -3.02. The fourth-order valence-corrected chi connectivity index (χ4v) is 4.94. The first-order valence-electron chi connectivity index (χ1n) is 10.2. The highest BCUT2D eigenvalue weighted by atomic mass is 35.5. The molecule has 0 atom stereocenters. The Kier molecular flexibility index (Phi) is 6.12. The normalized spacial score (nSPS) is 11.7. The number of aryl methyl sites for hydroxylation is 2. The Bertz CT molecular complexity index is 1460. The van der Waals surface area contributed by atoms with Crippen molar-refractivity contribution < 1.29 is 4.79 Å². The average molecular weight is 490 g/mol. The molecule has 0 fully saturated rings. The molecule has 0 aliphatic rings. The molecule has 0 radical (unpaired) electrons. The van der Waals surface area contributed by atoms with Crippen LogP contribution in [-0.2, 0) is 25.4 Å². The molecule has 0 aliphatic carbocycles. The number of carbonyl (C=O) groups is 1. The number of halogens is 1. The van der Waals surface area contributed by atoms with Gasteiger partial charge in [0, 0.05) is 27.2 Å². The first kappa shape index (κ1) is 23.1. The van der Waals surface area contributed by atoms with E-state index in [9.17, 15) is 14.4 Å². The maximum absolute atomic E-state index is 13.5. The Morgan fingerprint density at radius 2 is 1.88 bits per heavy atom. The predicted molar refractivity (Wildman–Crippen MR) is 130 cm³/mol. The minimum absolute atomic E-state index is 0.125. The number of aromatic nitrogens is 5. The number of rotatable bonds is 6. The van der Waals surface area contributed by atoms with Crippen LogP contribution in [0.4, 0.5) is 5.13 Å². The molecule has 0 N–H and O–H groups in total. The number of anilines is 1. The van der Waals surface area contributed by atoms with E-state index in [4.69, 9.17) is 16.6 Å². The van der Waals surface area contributed by atoms with Gasteiger partial charge in [0.2, 0.25) is 5.91 Å². The molecule has 0 unspecified atom stereocenters. The summed E-state index contributed by atoms with van der Waals surface area (Å²) < 4.78 is 4.60. The van der Waals surface area contributed by atoms with Crippen LogP contribution in [0.1, 0.15) is 5.56 Å². The second-order valence-electron chi connectivity index (χ2n) is 8.14. The monoisotopic (exact) mass is 489 g/mol. The maximum Gasteiger partial charge on any atom is 0.332 e. The third-order valence-electron chi connectivity index (χ3n) is 5.51. The lowest BCUT2D eigenvalue weighted by molar-refractivity contribution is -0.119. The largest absolute Gasteiger partial charge is 0.332 e. The van der Waals surface area contributed by atoms with E-state index in [0.29, 0.717) is 23.2 Å². The fraction of sp³-hybridized carbons (Fsp3) is 0.381. The number of imidazole rings is 1. The van der Waals surface area contributed by atoms with Crippen LogP contribution in [0.3, 0.4) is 0 Å². The zero-order valence-corrected chi connectivity index (χ0v) is 20.6. The van der Waals surface area contributed by atoms with Crippen LogP contribution in [0.15, 0.2) is 28.0 Å². The van der Waals surface area contributed by atoms with Gasteiger partial charge in [0.25, 0.3) is 5.56 Å². The molecule has 4 rings (SSSR count). The number of amides is 1. The number of carbonyl (C=O) groups excluding carboxylic acids is 1. The first-order chi connectivity index (χ1) is 15.6. The number of hydrogen-bond donors (Lipinski definition) is 0. The Morgan fingerprint density at radius 3 is 2.55 bits per heavy atom. The summed E-state index contributed by atoms with van der Waals surface area (Å²) >= 11 is 7.74. The van der Waals surface area contributed by atoms with Gasteiger partial charge in [-0.2, -0.15) is 0 Å². The third kappa shape index (κ3) is 4.07. The summed E-state index contributed by atoms with van der Waals surface area (Å²) in [6.45, 7) is 2.85. The Labute approximate surface area is 198 Å². The molecule has 4 aromatic rings. The Balaban J connectivity index is 1.76. The van der Waals surface area contributed by atoms with Gasteiger partial charge in [0.05, 0.1) is 21.6 Å². The van der Waals surface area contributed by atoms with Crippen molar-refractivity contribution in [1.82, 2.24) is 28.6 Å².